The predicted molar refractivity (Wildman–Crippen MR) is 116 cm³/mol. The molecule has 0 aliphatic heterocycles. The van der Waals surface area contributed by atoms with Gasteiger partial charge in [-0.1, -0.05) is 18.2 Å². The van der Waals surface area contributed by atoms with Gasteiger partial charge >= 0.3 is 0 Å². The molecular formula is C23H23N3O5. The van der Waals surface area contributed by atoms with Crippen molar-refractivity contribution in [3.63, 3.8) is 0 Å². The molecule has 160 valence electrons. The largest absolute Gasteiger partial charge is 0.506 e. The summed E-state index contributed by atoms with van der Waals surface area (Å²) in [6, 6.07) is 14.2. The van der Waals surface area contributed by atoms with E-state index in [4.69, 9.17) is 14.7 Å². The Bertz CT molecular complexity index is 1210. The van der Waals surface area contributed by atoms with Gasteiger partial charge in [-0.05, 0) is 36.2 Å². The summed E-state index contributed by atoms with van der Waals surface area (Å²) in [5.41, 5.74) is 0.424. The van der Waals surface area contributed by atoms with Crippen molar-refractivity contribution in [2.45, 2.75) is 19.4 Å². The van der Waals surface area contributed by atoms with Crippen LogP contribution in [0, 0.1) is 11.3 Å². The van der Waals surface area contributed by atoms with Crippen molar-refractivity contribution in [1.82, 2.24) is 9.88 Å². The van der Waals surface area contributed by atoms with Gasteiger partial charge in [0.1, 0.15) is 11.3 Å². The molecule has 0 saturated heterocycles. The molecule has 0 aliphatic carbocycles. The van der Waals surface area contributed by atoms with E-state index >= 15 is 0 Å². The number of rotatable bonds is 8. The highest BCUT2D eigenvalue weighted by Crippen LogP contribution is 2.28. The van der Waals surface area contributed by atoms with Gasteiger partial charge in [0.2, 0.25) is 0 Å². The number of aromatic hydroxyl groups is 1. The number of nitriles is 1. The highest BCUT2D eigenvalue weighted by molar-refractivity contribution is 6.02. The lowest BCUT2D eigenvalue weighted by Gasteiger charge is -2.14. The van der Waals surface area contributed by atoms with Gasteiger partial charge < -0.3 is 24.5 Å². The number of amides is 1. The summed E-state index contributed by atoms with van der Waals surface area (Å²) in [6.07, 6.45) is 0.595. The number of aromatic nitrogens is 1. The molecule has 2 aromatic carbocycles. The SMILES string of the molecule is COc1ccc(CCNC(=O)c2c(O)c3ccccc3n(CCC#N)c2=O)cc1OC. The quantitative estimate of drug-likeness (QED) is 0.578. The number of fused-ring (bicyclic) bond motifs is 1. The van der Waals surface area contributed by atoms with Gasteiger partial charge in [0.25, 0.3) is 11.5 Å². The maximum Gasteiger partial charge on any atom is 0.267 e. The second-order valence-corrected chi connectivity index (χ2v) is 6.80. The number of pyridine rings is 1. The average Bonchev–Trinajstić information content (AvgIpc) is 2.79. The molecule has 0 radical (unpaired) electrons. The molecule has 0 aliphatic rings. The van der Waals surface area contributed by atoms with E-state index in [-0.39, 0.29) is 30.8 Å². The minimum atomic E-state index is -0.667. The fourth-order valence-electron chi connectivity index (χ4n) is 3.42. The van der Waals surface area contributed by atoms with E-state index < -0.39 is 11.5 Å². The Kier molecular flexibility index (Phi) is 6.78. The van der Waals surface area contributed by atoms with Crippen LogP contribution in [0.5, 0.6) is 17.2 Å². The number of benzene rings is 2. The second kappa shape index (κ2) is 9.67. The van der Waals surface area contributed by atoms with Crippen molar-refractivity contribution in [2.24, 2.45) is 0 Å². The van der Waals surface area contributed by atoms with Crippen LogP contribution in [-0.2, 0) is 13.0 Å². The molecule has 2 N–H and O–H groups in total. The Labute approximate surface area is 179 Å². The number of hydrogen-bond acceptors (Lipinski definition) is 6. The van der Waals surface area contributed by atoms with Crippen molar-refractivity contribution >= 4 is 16.8 Å². The lowest BCUT2D eigenvalue weighted by Crippen LogP contribution is -2.34. The number of methoxy groups -OCH3 is 2. The fourth-order valence-corrected chi connectivity index (χ4v) is 3.42. The molecule has 3 rings (SSSR count). The van der Waals surface area contributed by atoms with Crippen LogP contribution in [0.3, 0.4) is 0 Å². The Morgan fingerprint density at radius 2 is 1.90 bits per heavy atom. The van der Waals surface area contributed by atoms with Crippen LogP contribution in [0.2, 0.25) is 0 Å². The first kappa shape index (κ1) is 21.7. The number of nitrogens with one attached hydrogen (secondary N) is 1. The van der Waals surface area contributed by atoms with Crippen LogP contribution in [0.15, 0.2) is 47.3 Å². The summed E-state index contributed by atoms with van der Waals surface area (Å²) in [6.45, 7) is 0.375. The Morgan fingerprint density at radius 3 is 2.61 bits per heavy atom. The summed E-state index contributed by atoms with van der Waals surface area (Å²) in [5, 5.41) is 22.6. The zero-order valence-electron chi connectivity index (χ0n) is 17.3. The van der Waals surface area contributed by atoms with Crippen molar-refractivity contribution < 1.29 is 19.4 Å². The summed E-state index contributed by atoms with van der Waals surface area (Å²) >= 11 is 0. The molecular weight excluding hydrogens is 398 g/mol. The normalized spacial score (nSPS) is 10.5. The van der Waals surface area contributed by atoms with E-state index in [0.717, 1.165) is 5.56 Å². The average molecular weight is 421 g/mol. The monoisotopic (exact) mass is 421 g/mol. The number of para-hydroxylation sites is 1. The molecule has 8 heteroatoms. The van der Waals surface area contributed by atoms with Gasteiger partial charge in [0.15, 0.2) is 11.5 Å². The third kappa shape index (κ3) is 4.46. The van der Waals surface area contributed by atoms with Crippen molar-refractivity contribution in [3.8, 4) is 23.3 Å². The van der Waals surface area contributed by atoms with E-state index in [0.29, 0.717) is 28.8 Å². The minimum absolute atomic E-state index is 0.106. The smallest absolute Gasteiger partial charge is 0.267 e. The molecule has 1 amide bonds. The second-order valence-electron chi connectivity index (χ2n) is 6.80. The van der Waals surface area contributed by atoms with Gasteiger partial charge in [0, 0.05) is 18.5 Å². The third-order valence-corrected chi connectivity index (χ3v) is 4.97. The predicted octanol–water partition coefficient (Wildman–Crippen LogP) is 2.61. The van der Waals surface area contributed by atoms with E-state index in [1.54, 1.807) is 44.6 Å². The van der Waals surface area contributed by atoms with Gasteiger partial charge in [-0.2, -0.15) is 5.26 Å². The first-order valence-electron chi connectivity index (χ1n) is 9.72. The minimum Gasteiger partial charge on any atom is -0.506 e. The maximum absolute atomic E-state index is 12.9. The molecule has 31 heavy (non-hydrogen) atoms. The Hall–Kier alpha value is -3.99. The van der Waals surface area contributed by atoms with Gasteiger partial charge in [-0.3, -0.25) is 9.59 Å². The number of ether oxygens (including phenoxy) is 2. The van der Waals surface area contributed by atoms with Crippen LogP contribution in [-0.4, -0.2) is 36.3 Å². The first-order valence-corrected chi connectivity index (χ1v) is 9.72. The Morgan fingerprint density at radius 1 is 1.16 bits per heavy atom. The van der Waals surface area contributed by atoms with Crippen molar-refractivity contribution in [1.29, 1.82) is 5.26 Å². The fraction of sp³-hybridized carbons (Fsp3) is 0.261. The molecule has 1 heterocycles. The maximum atomic E-state index is 12.9. The van der Waals surface area contributed by atoms with Gasteiger partial charge in [0.05, 0.1) is 32.2 Å². The molecule has 0 spiro atoms. The van der Waals surface area contributed by atoms with Crippen LogP contribution < -0.4 is 20.3 Å². The third-order valence-electron chi connectivity index (χ3n) is 4.97. The van der Waals surface area contributed by atoms with Gasteiger partial charge in [-0.25, -0.2) is 0 Å². The van der Waals surface area contributed by atoms with E-state index in [9.17, 15) is 14.7 Å². The van der Waals surface area contributed by atoms with E-state index in [1.165, 1.54) is 4.57 Å². The standard InChI is InChI=1S/C23H23N3O5/c1-30-18-9-8-15(14-19(18)31-2)10-12-25-22(28)20-21(27)16-6-3-4-7-17(16)26(23(20)29)13-5-11-24/h3-4,6-9,14,27H,5,10,12-13H2,1-2H3,(H,25,28). The summed E-state index contributed by atoms with van der Waals surface area (Å²) in [4.78, 5) is 25.7. The summed E-state index contributed by atoms with van der Waals surface area (Å²) < 4.78 is 11.8. The number of carbonyl (C=O) groups excluding carboxylic acids is 1. The number of aryl methyl sites for hydroxylation is 1. The van der Waals surface area contributed by atoms with Crippen molar-refractivity contribution in [2.75, 3.05) is 20.8 Å². The molecule has 3 aromatic rings. The lowest BCUT2D eigenvalue weighted by atomic mass is 10.1. The highest BCUT2D eigenvalue weighted by Gasteiger charge is 2.21. The van der Waals surface area contributed by atoms with E-state index in [1.807, 2.05) is 18.2 Å². The molecule has 8 nitrogen and oxygen atoms in total. The molecule has 0 bridgehead atoms. The molecule has 0 saturated carbocycles. The van der Waals surface area contributed by atoms with Crippen LogP contribution in [0.25, 0.3) is 10.9 Å². The first-order chi connectivity index (χ1) is 15.0. The van der Waals surface area contributed by atoms with Crippen LogP contribution in [0.4, 0.5) is 0 Å². The molecule has 0 unspecified atom stereocenters. The van der Waals surface area contributed by atoms with Gasteiger partial charge in [-0.15, -0.1) is 0 Å². The number of nitrogens with zero attached hydrogens (tertiary/aromatic N) is 2. The zero-order chi connectivity index (χ0) is 22.4. The van der Waals surface area contributed by atoms with E-state index in [2.05, 4.69) is 5.32 Å². The zero-order valence-corrected chi connectivity index (χ0v) is 17.3. The molecule has 0 fully saturated rings. The number of carbonyl (C=O) groups is 1. The van der Waals surface area contributed by atoms with Crippen LogP contribution in [0.1, 0.15) is 22.3 Å². The van der Waals surface area contributed by atoms with Crippen molar-refractivity contribution in [3.05, 3.63) is 63.9 Å². The summed E-state index contributed by atoms with van der Waals surface area (Å²) in [5.74, 6) is 0.157. The molecule has 1 aromatic heterocycles. The summed E-state index contributed by atoms with van der Waals surface area (Å²) in [7, 11) is 3.10. The number of hydrogen-bond donors (Lipinski definition) is 2. The molecule has 0 atom stereocenters. The van der Waals surface area contributed by atoms with Crippen LogP contribution >= 0.6 is 0 Å². The highest BCUT2D eigenvalue weighted by atomic mass is 16.5. The topological polar surface area (TPSA) is 114 Å². The lowest BCUT2D eigenvalue weighted by molar-refractivity contribution is 0.0949. The Balaban J connectivity index is 1.84.